The van der Waals surface area contributed by atoms with Crippen molar-refractivity contribution in [2.75, 3.05) is 0 Å². The van der Waals surface area contributed by atoms with Gasteiger partial charge in [-0.05, 0) is 28.0 Å². The molecule has 0 bridgehead atoms. The van der Waals surface area contributed by atoms with Crippen molar-refractivity contribution in [3.05, 3.63) is 59.8 Å². The van der Waals surface area contributed by atoms with Crippen LogP contribution in [0.15, 0.2) is 58.7 Å². The van der Waals surface area contributed by atoms with Crippen LogP contribution in [0.25, 0.3) is 10.8 Å². The number of guanidine groups is 1. The number of hydrogen-bond acceptors (Lipinski definition) is 3. The quantitative estimate of drug-likeness (QED) is 0.747. The smallest absolute Gasteiger partial charge is 0.275 e. The van der Waals surface area contributed by atoms with Gasteiger partial charge in [-0.3, -0.25) is 4.79 Å². The Morgan fingerprint density at radius 1 is 1.05 bits per heavy atom. The van der Waals surface area contributed by atoms with Gasteiger partial charge in [0.15, 0.2) is 0 Å². The Balaban J connectivity index is 1.65. The predicted octanol–water partition coefficient (Wildman–Crippen LogP) is 2.47. The Hall–Kier alpha value is -2.75. The van der Waals surface area contributed by atoms with Crippen LogP contribution in [0, 0.1) is 0 Å². The molecular weight excluding hydrogens is 274 g/mol. The molecule has 0 unspecified atom stereocenters. The number of hydrogen-bond donors (Lipinski definition) is 0. The lowest BCUT2D eigenvalue weighted by atomic mass is 9.94. The van der Waals surface area contributed by atoms with Gasteiger partial charge in [-0.15, -0.1) is 0 Å². The highest BCUT2D eigenvalue weighted by Gasteiger charge is 2.53. The highest BCUT2D eigenvalue weighted by molar-refractivity contribution is 6.10. The second-order valence-electron chi connectivity index (χ2n) is 6.06. The Kier molecular flexibility index (Phi) is 2.11. The molecule has 1 amide bonds. The largest absolute Gasteiger partial charge is 0.301 e. The lowest BCUT2D eigenvalue weighted by molar-refractivity contribution is -0.124. The number of nitrogens with zero attached hydrogens (tertiary/aromatic N) is 3. The number of carbonyl (C=O) groups excluding carboxylic acids is 1. The molecule has 0 saturated heterocycles. The SMILES string of the molecule is O=C1N=C2N=CC=CN2C12Cc1cc3ccccc3cc1C2. The first-order valence-corrected chi connectivity index (χ1v) is 7.40. The standard InChI is InChI=1S/C18H13N3O/c22-16-18(21-7-3-6-19-17(21)20-16)10-14-8-12-4-1-2-5-13(12)9-15(14)11-18/h1-9H,10-11H2. The van der Waals surface area contributed by atoms with Crippen LogP contribution in [0.2, 0.25) is 0 Å². The summed E-state index contributed by atoms with van der Waals surface area (Å²) in [6, 6.07) is 12.7. The van der Waals surface area contributed by atoms with Gasteiger partial charge in [-0.1, -0.05) is 36.4 Å². The van der Waals surface area contributed by atoms with Gasteiger partial charge in [0.25, 0.3) is 5.91 Å². The number of carbonyl (C=O) groups is 1. The van der Waals surface area contributed by atoms with E-state index in [1.165, 1.54) is 21.9 Å². The summed E-state index contributed by atoms with van der Waals surface area (Å²) in [5, 5.41) is 2.44. The number of fused-ring (bicyclic) bond motifs is 4. The fraction of sp³-hybridized carbons (Fsp3) is 0.167. The Morgan fingerprint density at radius 3 is 2.41 bits per heavy atom. The summed E-state index contributed by atoms with van der Waals surface area (Å²) in [5.74, 6) is 0.441. The van der Waals surface area contributed by atoms with Crippen molar-refractivity contribution in [2.24, 2.45) is 9.98 Å². The topological polar surface area (TPSA) is 45.0 Å². The van der Waals surface area contributed by atoms with Gasteiger partial charge in [0.2, 0.25) is 5.96 Å². The van der Waals surface area contributed by atoms with Crippen LogP contribution in [0.3, 0.4) is 0 Å². The third-order valence-electron chi connectivity index (χ3n) is 4.82. The zero-order valence-corrected chi connectivity index (χ0v) is 11.9. The maximum atomic E-state index is 12.6. The van der Waals surface area contributed by atoms with Gasteiger partial charge in [-0.25, -0.2) is 4.99 Å². The Morgan fingerprint density at radius 2 is 1.73 bits per heavy atom. The minimum Gasteiger partial charge on any atom is -0.301 e. The molecule has 0 saturated carbocycles. The molecule has 106 valence electrons. The molecule has 2 aromatic rings. The fourth-order valence-electron chi connectivity index (χ4n) is 3.76. The first-order valence-electron chi connectivity index (χ1n) is 7.40. The van der Waals surface area contributed by atoms with E-state index in [4.69, 9.17) is 0 Å². The molecule has 2 aromatic carbocycles. The first-order chi connectivity index (χ1) is 10.8. The van der Waals surface area contributed by atoms with E-state index in [2.05, 4.69) is 34.3 Å². The summed E-state index contributed by atoms with van der Waals surface area (Å²) in [4.78, 5) is 22.9. The number of benzene rings is 2. The van der Waals surface area contributed by atoms with Crippen molar-refractivity contribution < 1.29 is 4.79 Å². The minimum atomic E-state index is -0.608. The molecule has 2 aliphatic heterocycles. The van der Waals surface area contributed by atoms with Crippen molar-refractivity contribution >= 4 is 28.9 Å². The summed E-state index contributed by atoms with van der Waals surface area (Å²) in [6.07, 6.45) is 6.84. The molecule has 22 heavy (non-hydrogen) atoms. The lowest BCUT2D eigenvalue weighted by Crippen LogP contribution is -2.50. The number of allylic oxidation sites excluding steroid dienone is 1. The van der Waals surface area contributed by atoms with Gasteiger partial charge >= 0.3 is 0 Å². The molecule has 0 atom stereocenters. The van der Waals surface area contributed by atoms with Crippen molar-refractivity contribution in [1.82, 2.24) is 4.90 Å². The van der Waals surface area contributed by atoms with Gasteiger partial charge in [0.1, 0.15) is 5.54 Å². The molecule has 2 heterocycles. The summed E-state index contributed by atoms with van der Waals surface area (Å²) in [6.45, 7) is 0. The second kappa shape index (κ2) is 3.91. The van der Waals surface area contributed by atoms with Gasteiger partial charge in [0, 0.05) is 25.3 Å². The minimum absolute atomic E-state index is 0.0774. The average Bonchev–Trinajstić information content (AvgIpc) is 3.04. The highest BCUT2D eigenvalue weighted by Crippen LogP contribution is 2.41. The third-order valence-corrected chi connectivity index (χ3v) is 4.82. The highest BCUT2D eigenvalue weighted by atomic mass is 16.2. The summed E-state index contributed by atoms with van der Waals surface area (Å²) in [7, 11) is 0. The number of aliphatic imine (C=N–C) groups is 2. The number of amides is 1. The zero-order chi connectivity index (χ0) is 14.7. The van der Waals surface area contributed by atoms with Crippen molar-refractivity contribution in [1.29, 1.82) is 0 Å². The predicted molar refractivity (Wildman–Crippen MR) is 86.0 cm³/mol. The second-order valence-corrected chi connectivity index (χ2v) is 6.06. The van der Waals surface area contributed by atoms with E-state index in [-0.39, 0.29) is 5.91 Å². The van der Waals surface area contributed by atoms with E-state index >= 15 is 0 Å². The molecule has 3 aliphatic rings. The Bertz CT molecular complexity index is 879. The molecule has 0 N–H and O–H groups in total. The molecule has 5 rings (SSSR count). The normalized spacial score (nSPS) is 20.6. The van der Waals surface area contributed by atoms with Crippen LogP contribution < -0.4 is 0 Å². The van der Waals surface area contributed by atoms with E-state index < -0.39 is 5.54 Å². The molecule has 4 nitrogen and oxygen atoms in total. The van der Waals surface area contributed by atoms with Gasteiger partial charge in [-0.2, -0.15) is 4.99 Å². The first kappa shape index (κ1) is 11.9. The fourth-order valence-corrected chi connectivity index (χ4v) is 3.76. The maximum Gasteiger partial charge on any atom is 0.275 e. The molecule has 1 spiro atoms. The van der Waals surface area contributed by atoms with E-state index in [1.54, 1.807) is 6.21 Å². The molecule has 0 radical (unpaired) electrons. The molecule has 4 heteroatoms. The lowest BCUT2D eigenvalue weighted by Gasteiger charge is -2.31. The summed E-state index contributed by atoms with van der Waals surface area (Å²) < 4.78 is 0. The van der Waals surface area contributed by atoms with Crippen LogP contribution in [-0.2, 0) is 17.6 Å². The van der Waals surface area contributed by atoms with E-state index in [9.17, 15) is 4.79 Å². The van der Waals surface area contributed by atoms with Gasteiger partial charge < -0.3 is 4.90 Å². The molecule has 0 aromatic heterocycles. The molecular formula is C18H13N3O. The van der Waals surface area contributed by atoms with Crippen LogP contribution in [0.5, 0.6) is 0 Å². The van der Waals surface area contributed by atoms with Crippen LogP contribution in [-0.4, -0.2) is 28.5 Å². The van der Waals surface area contributed by atoms with Crippen LogP contribution in [0.1, 0.15) is 11.1 Å². The van der Waals surface area contributed by atoms with Crippen molar-refractivity contribution in [3.63, 3.8) is 0 Å². The van der Waals surface area contributed by atoms with Crippen molar-refractivity contribution in [2.45, 2.75) is 18.4 Å². The van der Waals surface area contributed by atoms with Crippen LogP contribution in [0.4, 0.5) is 0 Å². The maximum absolute atomic E-state index is 12.6. The zero-order valence-electron chi connectivity index (χ0n) is 11.9. The van der Waals surface area contributed by atoms with Gasteiger partial charge in [0.05, 0.1) is 0 Å². The average molecular weight is 287 g/mol. The van der Waals surface area contributed by atoms with E-state index in [0.29, 0.717) is 18.8 Å². The molecule has 0 fully saturated rings. The third kappa shape index (κ3) is 1.39. The van der Waals surface area contributed by atoms with E-state index in [0.717, 1.165) is 0 Å². The summed E-state index contributed by atoms with van der Waals surface area (Å²) in [5.41, 5.74) is 1.88. The van der Waals surface area contributed by atoms with E-state index in [1.807, 2.05) is 29.3 Å². The van der Waals surface area contributed by atoms with Crippen LogP contribution >= 0.6 is 0 Å². The number of rotatable bonds is 0. The Labute approximate surface area is 127 Å². The monoisotopic (exact) mass is 287 g/mol. The molecule has 1 aliphatic carbocycles. The van der Waals surface area contributed by atoms with Crippen molar-refractivity contribution in [3.8, 4) is 0 Å². The summed E-state index contributed by atoms with van der Waals surface area (Å²) >= 11 is 0.